The van der Waals surface area contributed by atoms with Crippen LogP contribution in [-0.2, 0) is 10.1 Å². The van der Waals surface area contributed by atoms with Gasteiger partial charge in [0.2, 0.25) is 0 Å². The van der Waals surface area contributed by atoms with E-state index < -0.39 is 26.7 Å². The molecule has 0 spiro atoms. The smallest absolute Gasteiger partial charge is 0.294 e. The molecule has 182 valence electrons. The number of benzene rings is 4. The summed E-state index contributed by atoms with van der Waals surface area (Å²) in [4.78, 5) is 23.0. The number of phenolic OH excluding ortho intramolecular Hbond substituents is 1. The van der Waals surface area contributed by atoms with Gasteiger partial charge in [0.15, 0.2) is 5.75 Å². The number of anilines is 1. The van der Waals surface area contributed by atoms with E-state index in [0.717, 1.165) is 6.07 Å². The van der Waals surface area contributed by atoms with Crippen molar-refractivity contribution in [2.75, 3.05) is 5.32 Å². The van der Waals surface area contributed by atoms with Gasteiger partial charge >= 0.3 is 0 Å². The van der Waals surface area contributed by atoms with Crippen molar-refractivity contribution >= 4 is 49.5 Å². The molecule has 0 bridgehead atoms. The molecule has 0 aliphatic carbocycles. The number of nitrogens with zero attached hydrogens (tertiary/aromatic N) is 3. The van der Waals surface area contributed by atoms with E-state index in [-0.39, 0.29) is 33.2 Å². The monoisotopic (exact) mass is 506 g/mol. The number of aromatic hydroxyl groups is 1. The molecule has 0 saturated carbocycles. The third kappa shape index (κ3) is 5.04. The molecule has 0 atom stereocenters. The van der Waals surface area contributed by atoms with Gasteiger partial charge in [0.05, 0.1) is 21.1 Å². The predicted molar refractivity (Wildman–Crippen MR) is 132 cm³/mol. The van der Waals surface area contributed by atoms with Gasteiger partial charge in [-0.1, -0.05) is 36.4 Å². The highest BCUT2D eigenvalue weighted by atomic mass is 32.2. The van der Waals surface area contributed by atoms with Crippen LogP contribution < -0.4 is 5.32 Å². The summed E-state index contributed by atoms with van der Waals surface area (Å²) in [5.41, 5.74) is 0.413. The Morgan fingerprint density at radius 1 is 1.00 bits per heavy atom. The molecule has 0 aromatic heterocycles. The fraction of sp³-hybridized carbons (Fsp3) is 0.0417. The number of non-ortho nitro benzene ring substituents is 1. The van der Waals surface area contributed by atoms with Crippen molar-refractivity contribution in [1.82, 2.24) is 0 Å². The van der Waals surface area contributed by atoms with Crippen molar-refractivity contribution in [3.8, 4) is 5.75 Å². The Morgan fingerprint density at radius 2 is 1.75 bits per heavy atom. The van der Waals surface area contributed by atoms with Crippen LogP contribution >= 0.6 is 0 Å². The molecule has 4 rings (SSSR count). The maximum absolute atomic E-state index is 13.0. The summed E-state index contributed by atoms with van der Waals surface area (Å²) < 4.78 is 32.3. The first-order valence-corrected chi connectivity index (χ1v) is 11.8. The lowest BCUT2D eigenvalue weighted by Crippen LogP contribution is -2.12. The summed E-state index contributed by atoms with van der Waals surface area (Å²) in [6, 6.07) is 17.4. The van der Waals surface area contributed by atoms with E-state index in [1.165, 1.54) is 42.5 Å². The molecule has 4 aromatic rings. The van der Waals surface area contributed by atoms with E-state index in [1.807, 2.05) is 0 Å². The fourth-order valence-corrected chi connectivity index (χ4v) is 3.95. The Morgan fingerprint density at radius 3 is 2.47 bits per heavy atom. The maximum atomic E-state index is 13.0. The molecule has 36 heavy (non-hydrogen) atoms. The van der Waals surface area contributed by atoms with Crippen LogP contribution in [0.3, 0.4) is 0 Å². The fourth-order valence-electron chi connectivity index (χ4n) is 3.45. The van der Waals surface area contributed by atoms with Crippen LogP contribution in [0.2, 0.25) is 0 Å². The normalized spacial score (nSPS) is 11.6. The molecular weight excluding hydrogens is 488 g/mol. The van der Waals surface area contributed by atoms with E-state index in [4.69, 9.17) is 0 Å². The minimum atomic E-state index is -4.47. The number of rotatable bonds is 6. The molecule has 11 nitrogen and oxygen atoms in total. The second-order valence-corrected chi connectivity index (χ2v) is 9.15. The lowest BCUT2D eigenvalue weighted by molar-refractivity contribution is -0.384. The van der Waals surface area contributed by atoms with Crippen molar-refractivity contribution in [1.29, 1.82) is 0 Å². The van der Waals surface area contributed by atoms with E-state index in [1.54, 1.807) is 31.2 Å². The molecule has 0 saturated heterocycles. The number of azo groups is 1. The van der Waals surface area contributed by atoms with Gasteiger partial charge in [0, 0.05) is 23.2 Å². The lowest BCUT2D eigenvalue weighted by atomic mass is 10.0. The Hall–Kier alpha value is -4.68. The van der Waals surface area contributed by atoms with E-state index >= 15 is 0 Å². The van der Waals surface area contributed by atoms with Gasteiger partial charge in [-0.05, 0) is 42.1 Å². The average molecular weight is 506 g/mol. The number of amides is 1. The maximum Gasteiger partial charge on any atom is 0.294 e. The minimum absolute atomic E-state index is 0.0473. The van der Waals surface area contributed by atoms with Gasteiger partial charge in [-0.2, -0.15) is 13.5 Å². The molecular formula is C24H18N4O7S. The zero-order valence-corrected chi connectivity index (χ0v) is 19.4. The highest BCUT2D eigenvalue weighted by Gasteiger charge is 2.19. The summed E-state index contributed by atoms with van der Waals surface area (Å²) in [5, 5.41) is 33.7. The predicted octanol–water partition coefficient (Wildman–Crippen LogP) is 5.68. The zero-order valence-electron chi connectivity index (χ0n) is 18.6. The van der Waals surface area contributed by atoms with Gasteiger partial charge in [-0.15, -0.1) is 5.11 Å². The molecule has 1 amide bonds. The second-order valence-electron chi connectivity index (χ2n) is 7.73. The molecule has 0 heterocycles. The highest BCUT2D eigenvalue weighted by Crippen LogP contribution is 2.40. The van der Waals surface area contributed by atoms with Gasteiger partial charge in [0.1, 0.15) is 5.69 Å². The Balaban J connectivity index is 1.78. The molecule has 0 aliphatic heterocycles. The van der Waals surface area contributed by atoms with Crippen molar-refractivity contribution in [2.24, 2.45) is 10.2 Å². The first kappa shape index (κ1) is 24.4. The van der Waals surface area contributed by atoms with E-state index in [9.17, 15) is 33.0 Å². The third-order valence-corrected chi connectivity index (χ3v) is 6.14. The van der Waals surface area contributed by atoms with E-state index in [2.05, 4.69) is 15.5 Å². The molecule has 4 aromatic carbocycles. The van der Waals surface area contributed by atoms with Crippen LogP contribution in [0.1, 0.15) is 15.9 Å². The van der Waals surface area contributed by atoms with Crippen LogP contribution in [0.15, 0.2) is 87.9 Å². The quantitative estimate of drug-likeness (QED) is 0.131. The zero-order chi connectivity index (χ0) is 26.0. The number of nitrogens with one attached hydrogen (secondary N) is 1. The summed E-state index contributed by atoms with van der Waals surface area (Å²) in [7, 11) is -4.47. The van der Waals surface area contributed by atoms with Crippen molar-refractivity contribution in [3.05, 3.63) is 94.0 Å². The number of hydrogen-bond acceptors (Lipinski definition) is 8. The standard InChI is InChI=1S/C24H18N4O7S/c1-14-9-10-18(36(33,34)35)13-21(14)26-27-22-19-8-3-2-5-15(19)11-20(23(22)29)24(30)25-16-6-4-7-17(12-16)28(31)32/h2-13,29H,1H3,(H,25,30)(H,33,34,35). The Kier molecular flexibility index (Phi) is 6.47. The number of carbonyl (C=O) groups excluding carboxylic acids is 1. The minimum Gasteiger partial charge on any atom is -0.505 e. The lowest BCUT2D eigenvalue weighted by Gasteiger charge is -2.11. The molecule has 0 aliphatic rings. The van der Waals surface area contributed by atoms with E-state index in [0.29, 0.717) is 16.3 Å². The highest BCUT2D eigenvalue weighted by molar-refractivity contribution is 7.85. The van der Waals surface area contributed by atoms with Crippen molar-refractivity contribution in [2.45, 2.75) is 11.8 Å². The number of aryl methyl sites for hydroxylation is 1. The number of nitro benzene ring substituents is 1. The third-order valence-electron chi connectivity index (χ3n) is 5.29. The molecule has 12 heteroatoms. The summed E-state index contributed by atoms with van der Waals surface area (Å²) in [6.07, 6.45) is 0. The molecule has 0 fully saturated rings. The SMILES string of the molecule is Cc1ccc(S(=O)(=O)O)cc1N=Nc1c(O)c(C(=O)Nc2cccc([N+](=O)[O-])c2)cc2ccccc12. The first-order chi connectivity index (χ1) is 17.0. The topological polar surface area (TPSA) is 172 Å². The summed E-state index contributed by atoms with van der Waals surface area (Å²) in [5.74, 6) is -1.23. The van der Waals surface area contributed by atoms with Gasteiger partial charge in [0.25, 0.3) is 21.7 Å². The average Bonchev–Trinajstić information content (AvgIpc) is 2.83. The van der Waals surface area contributed by atoms with Crippen LogP contribution in [-0.4, -0.2) is 28.9 Å². The van der Waals surface area contributed by atoms with Gasteiger partial charge in [-0.3, -0.25) is 19.5 Å². The summed E-state index contributed by atoms with van der Waals surface area (Å²) in [6.45, 7) is 1.66. The molecule has 3 N–H and O–H groups in total. The summed E-state index contributed by atoms with van der Waals surface area (Å²) >= 11 is 0. The number of nitro groups is 1. The van der Waals surface area contributed by atoms with Crippen LogP contribution in [0.5, 0.6) is 5.75 Å². The van der Waals surface area contributed by atoms with Crippen molar-refractivity contribution in [3.63, 3.8) is 0 Å². The second kappa shape index (κ2) is 9.52. The van der Waals surface area contributed by atoms with Gasteiger partial charge < -0.3 is 10.4 Å². The van der Waals surface area contributed by atoms with Crippen LogP contribution in [0, 0.1) is 17.0 Å². The largest absolute Gasteiger partial charge is 0.505 e. The first-order valence-electron chi connectivity index (χ1n) is 10.3. The van der Waals surface area contributed by atoms with Crippen LogP contribution in [0.25, 0.3) is 10.8 Å². The number of fused-ring (bicyclic) bond motifs is 1. The molecule has 0 radical (unpaired) electrons. The molecule has 0 unspecified atom stereocenters. The number of hydrogen-bond donors (Lipinski definition) is 3. The Labute approximate surface area is 204 Å². The number of phenols is 1. The van der Waals surface area contributed by atoms with Gasteiger partial charge in [-0.25, -0.2) is 0 Å². The van der Waals surface area contributed by atoms with Crippen molar-refractivity contribution < 1.29 is 27.8 Å². The van der Waals surface area contributed by atoms with Crippen LogP contribution in [0.4, 0.5) is 22.7 Å². The Bertz CT molecular complexity index is 1670. The number of carbonyl (C=O) groups is 1.